The van der Waals surface area contributed by atoms with E-state index >= 15 is 0 Å². The topological polar surface area (TPSA) is 75.3 Å². The normalized spacial score (nSPS) is 18.2. The van der Waals surface area contributed by atoms with Crippen molar-refractivity contribution in [1.82, 2.24) is 9.97 Å². The number of nitrogens with two attached hydrogens (primary N) is 1. The number of rotatable bonds is 4. The van der Waals surface area contributed by atoms with E-state index < -0.39 is 0 Å². The summed E-state index contributed by atoms with van der Waals surface area (Å²) in [5.41, 5.74) is 6.86. The Bertz CT molecular complexity index is 846. The zero-order chi connectivity index (χ0) is 17.3. The fourth-order valence-corrected chi connectivity index (χ4v) is 2.77. The number of hydrogen-bond acceptors (Lipinski definition) is 5. The summed E-state index contributed by atoms with van der Waals surface area (Å²) in [7, 11) is 0. The van der Waals surface area contributed by atoms with Crippen LogP contribution in [-0.2, 0) is 0 Å². The number of hydrogen-bond donors (Lipinski definition) is 2. The van der Waals surface area contributed by atoms with Crippen LogP contribution >= 0.6 is 0 Å². The number of halogens is 1. The zero-order valence-electron chi connectivity index (χ0n) is 13.2. The first-order valence-corrected chi connectivity index (χ1v) is 7.68. The molecular weight excluding hydrogens is 307 g/mol. The molecule has 0 unspecified atom stereocenters. The molecule has 0 amide bonds. The average molecular weight is 326 g/mol. The predicted octanol–water partition coefficient (Wildman–Crippen LogP) is 2.95. The van der Waals surface area contributed by atoms with Crippen LogP contribution < -0.4 is 10.6 Å². The highest BCUT2D eigenvalue weighted by atomic mass is 19.1. The summed E-state index contributed by atoms with van der Waals surface area (Å²) in [6.07, 6.45) is 3.72. The number of aromatic nitrogens is 2. The molecule has 5 nitrogen and oxygen atoms in total. The van der Waals surface area contributed by atoms with E-state index in [4.69, 9.17) is 5.73 Å². The van der Waals surface area contributed by atoms with Crippen LogP contribution in [0.5, 0.6) is 0 Å². The van der Waals surface area contributed by atoms with Crippen molar-refractivity contribution in [2.75, 3.05) is 18.0 Å². The van der Waals surface area contributed by atoms with Crippen LogP contribution in [0, 0.1) is 5.82 Å². The number of nitrogens with zero attached hydrogens (tertiary/aromatic N) is 3. The molecule has 1 aromatic heterocycles. The Balaban J connectivity index is 2.16. The van der Waals surface area contributed by atoms with Crippen LogP contribution in [-0.4, -0.2) is 34.2 Å². The summed E-state index contributed by atoms with van der Waals surface area (Å²) >= 11 is 0. The SMILES string of the molecule is C=C/C=C(/O)C(=C)c1nc(N2CC[C@@H](N)C2)c2cc(F)ccc2n1. The third kappa shape index (κ3) is 3.00. The van der Waals surface area contributed by atoms with E-state index in [1.54, 1.807) is 6.07 Å². The molecule has 0 radical (unpaired) electrons. The highest BCUT2D eigenvalue weighted by molar-refractivity contribution is 5.91. The Kier molecular flexibility index (Phi) is 4.31. The maximum Gasteiger partial charge on any atom is 0.165 e. The minimum Gasteiger partial charge on any atom is -0.507 e. The Morgan fingerprint density at radius 3 is 2.88 bits per heavy atom. The van der Waals surface area contributed by atoms with Gasteiger partial charge in [0.15, 0.2) is 5.82 Å². The first kappa shape index (κ1) is 16.1. The second kappa shape index (κ2) is 6.41. The minimum absolute atomic E-state index is 0.0595. The lowest BCUT2D eigenvalue weighted by Gasteiger charge is -2.20. The van der Waals surface area contributed by atoms with Crippen LogP contribution in [0.1, 0.15) is 12.2 Å². The number of benzene rings is 1. The fourth-order valence-electron chi connectivity index (χ4n) is 2.77. The predicted molar refractivity (Wildman–Crippen MR) is 94.2 cm³/mol. The molecule has 24 heavy (non-hydrogen) atoms. The maximum absolute atomic E-state index is 13.7. The highest BCUT2D eigenvalue weighted by Gasteiger charge is 2.24. The standard InChI is InChI=1S/C18H19FN4O/c1-3-4-16(24)11(2)17-21-15-6-5-12(19)9-14(15)18(22-17)23-8-7-13(20)10-23/h3-6,9,13,24H,1-2,7-8,10,20H2/b16-4+/t13-/m1/s1. The summed E-state index contributed by atoms with van der Waals surface area (Å²) < 4.78 is 13.7. The number of allylic oxidation sites excluding steroid dienone is 3. The summed E-state index contributed by atoms with van der Waals surface area (Å²) in [6.45, 7) is 8.77. The minimum atomic E-state index is -0.350. The van der Waals surface area contributed by atoms with E-state index in [1.165, 1.54) is 24.3 Å². The van der Waals surface area contributed by atoms with E-state index in [-0.39, 0.29) is 23.2 Å². The van der Waals surface area contributed by atoms with Gasteiger partial charge in [0.2, 0.25) is 0 Å². The zero-order valence-corrected chi connectivity index (χ0v) is 13.2. The molecule has 0 bridgehead atoms. The van der Waals surface area contributed by atoms with Crippen molar-refractivity contribution in [3.05, 3.63) is 60.9 Å². The Labute approximate surface area is 139 Å². The van der Waals surface area contributed by atoms with Crippen molar-refractivity contribution < 1.29 is 9.50 Å². The molecule has 124 valence electrons. The lowest BCUT2D eigenvalue weighted by molar-refractivity contribution is 0.437. The first-order valence-electron chi connectivity index (χ1n) is 7.68. The summed E-state index contributed by atoms with van der Waals surface area (Å²) in [4.78, 5) is 10.9. The molecule has 0 saturated carbocycles. The molecule has 2 heterocycles. The molecular formula is C18H19FN4O. The number of aliphatic hydroxyl groups is 1. The van der Waals surface area contributed by atoms with Gasteiger partial charge in [-0.15, -0.1) is 0 Å². The third-order valence-corrected chi connectivity index (χ3v) is 4.02. The molecule has 1 saturated heterocycles. The van der Waals surface area contributed by atoms with E-state index in [2.05, 4.69) is 23.1 Å². The van der Waals surface area contributed by atoms with E-state index in [9.17, 15) is 9.50 Å². The van der Waals surface area contributed by atoms with Gasteiger partial charge in [-0.2, -0.15) is 0 Å². The van der Waals surface area contributed by atoms with E-state index in [0.29, 0.717) is 29.1 Å². The molecule has 3 rings (SSSR count). The van der Waals surface area contributed by atoms with Gasteiger partial charge in [0.05, 0.1) is 11.1 Å². The van der Waals surface area contributed by atoms with Gasteiger partial charge in [-0.05, 0) is 30.7 Å². The highest BCUT2D eigenvalue weighted by Crippen LogP contribution is 2.29. The van der Waals surface area contributed by atoms with Crippen molar-refractivity contribution in [2.24, 2.45) is 5.73 Å². The Morgan fingerprint density at radius 1 is 1.42 bits per heavy atom. The van der Waals surface area contributed by atoms with Gasteiger partial charge in [-0.25, -0.2) is 14.4 Å². The Hall–Kier alpha value is -2.73. The lowest BCUT2D eigenvalue weighted by Crippen LogP contribution is -2.27. The molecule has 0 spiro atoms. The van der Waals surface area contributed by atoms with Crippen LogP contribution in [0.15, 0.2) is 49.3 Å². The van der Waals surface area contributed by atoms with Gasteiger partial charge >= 0.3 is 0 Å². The quantitative estimate of drug-likeness (QED) is 0.667. The van der Waals surface area contributed by atoms with Crippen molar-refractivity contribution >= 4 is 22.3 Å². The molecule has 0 aliphatic carbocycles. The molecule has 1 atom stereocenters. The van der Waals surface area contributed by atoms with Gasteiger partial charge in [0.25, 0.3) is 0 Å². The van der Waals surface area contributed by atoms with Gasteiger partial charge in [0, 0.05) is 24.5 Å². The molecule has 3 N–H and O–H groups in total. The number of anilines is 1. The van der Waals surface area contributed by atoms with Gasteiger partial charge in [-0.3, -0.25) is 0 Å². The van der Waals surface area contributed by atoms with Crippen LogP contribution in [0.4, 0.5) is 10.2 Å². The van der Waals surface area contributed by atoms with Gasteiger partial charge < -0.3 is 15.7 Å². The molecule has 6 heteroatoms. The molecule has 1 aliphatic rings. The van der Waals surface area contributed by atoms with Crippen LogP contribution in [0.25, 0.3) is 16.5 Å². The summed E-state index contributed by atoms with van der Waals surface area (Å²) in [5.74, 6) is 0.488. The lowest BCUT2D eigenvalue weighted by atomic mass is 10.1. The number of aliphatic hydroxyl groups excluding tert-OH is 1. The molecule has 2 aromatic rings. The van der Waals surface area contributed by atoms with E-state index in [0.717, 1.165) is 13.0 Å². The number of fused-ring (bicyclic) bond motifs is 1. The first-order chi connectivity index (χ1) is 11.5. The monoisotopic (exact) mass is 326 g/mol. The van der Waals surface area contributed by atoms with E-state index in [1.807, 2.05) is 4.90 Å². The maximum atomic E-state index is 13.7. The van der Waals surface area contributed by atoms with Crippen molar-refractivity contribution in [3.8, 4) is 0 Å². The molecule has 1 fully saturated rings. The largest absolute Gasteiger partial charge is 0.507 e. The fraction of sp³-hybridized carbons (Fsp3) is 0.222. The smallest absolute Gasteiger partial charge is 0.165 e. The van der Waals surface area contributed by atoms with Gasteiger partial charge in [-0.1, -0.05) is 19.2 Å². The second-order valence-electron chi connectivity index (χ2n) is 5.79. The van der Waals surface area contributed by atoms with Crippen molar-refractivity contribution in [3.63, 3.8) is 0 Å². The third-order valence-electron chi connectivity index (χ3n) is 4.02. The van der Waals surface area contributed by atoms with Crippen molar-refractivity contribution in [1.29, 1.82) is 0 Å². The average Bonchev–Trinajstić information content (AvgIpc) is 2.99. The molecule has 1 aliphatic heterocycles. The summed E-state index contributed by atoms with van der Waals surface area (Å²) in [5, 5.41) is 10.6. The second-order valence-corrected chi connectivity index (χ2v) is 5.79. The Morgan fingerprint density at radius 2 is 2.21 bits per heavy atom. The molecule has 1 aromatic carbocycles. The summed E-state index contributed by atoms with van der Waals surface area (Å²) in [6, 6.07) is 4.42. The van der Waals surface area contributed by atoms with Crippen LogP contribution in [0.3, 0.4) is 0 Å². The van der Waals surface area contributed by atoms with Gasteiger partial charge in [0.1, 0.15) is 17.4 Å². The van der Waals surface area contributed by atoms with Crippen LogP contribution in [0.2, 0.25) is 0 Å². The van der Waals surface area contributed by atoms with Crippen molar-refractivity contribution in [2.45, 2.75) is 12.5 Å².